The van der Waals surface area contributed by atoms with Crippen molar-refractivity contribution in [1.29, 1.82) is 0 Å². The van der Waals surface area contributed by atoms with E-state index in [2.05, 4.69) is 26.5 Å². The minimum absolute atomic E-state index is 0.141. The van der Waals surface area contributed by atoms with Gasteiger partial charge in [-0.2, -0.15) is 0 Å². The van der Waals surface area contributed by atoms with E-state index in [0.717, 1.165) is 16.6 Å². The van der Waals surface area contributed by atoms with Gasteiger partial charge in [0, 0.05) is 11.1 Å². The van der Waals surface area contributed by atoms with Crippen molar-refractivity contribution >= 4 is 40.1 Å². The third-order valence-corrected chi connectivity index (χ3v) is 4.19. The zero-order valence-electron chi connectivity index (χ0n) is 13.4. The number of nitrogens with zero attached hydrogens (tertiary/aromatic N) is 2. The number of rotatable bonds is 6. The summed E-state index contributed by atoms with van der Waals surface area (Å²) in [7, 11) is 0. The smallest absolute Gasteiger partial charge is 0.231 e. The molecule has 25 heavy (non-hydrogen) atoms. The standard InChI is InChI=1S/C19H16N4OS/c1-2-12-20-17(24)13-25-19-22-16-11-7-6-10-15(16)18(23-19)21-14-8-4-3-5-9-14/h1,3-11H,12-13H2,(H,20,24)(H,21,22,23). The number of amides is 1. The van der Waals surface area contributed by atoms with Gasteiger partial charge in [0.1, 0.15) is 5.82 Å². The van der Waals surface area contributed by atoms with Crippen LogP contribution in [-0.2, 0) is 4.79 Å². The van der Waals surface area contributed by atoms with E-state index in [9.17, 15) is 4.79 Å². The second kappa shape index (κ2) is 8.18. The molecule has 0 fully saturated rings. The fraction of sp³-hybridized carbons (Fsp3) is 0.105. The predicted octanol–water partition coefficient (Wildman–Crippen LogP) is 3.21. The van der Waals surface area contributed by atoms with Crippen LogP contribution in [0.2, 0.25) is 0 Å². The Morgan fingerprint density at radius 3 is 2.64 bits per heavy atom. The van der Waals surface area contributed by atoms with Crippen molar-refractivity contribution in [1.82, 2.24) is 15.3 Å². The van der Waals surface area contributed by atoms with Gasteiger partial charge in [-0.05, 0) is 24.3 Å². The summed E-state index contributed by atoms with van der Waals surface area (Å²) < 4.78 is 0. The molecule has 0 spiro atoms. The lowest BCUT2D eigenvalue weighted by Crippen LogP contribution is -2.25. The third kappa shape index (κ3) is 4.49. The molecule has 1 heterocycles. The first-order valence-corrected chi connectivity index (χ1v) is 8.66. The van der Waals surface area contributed by atoms with E-state index >= 15 is 0 Å². The molecule has 1 amide bonds. The summed E-state index contributed by atoms with van der Waals surface area (Å²) in [5.74, 6) is 3.16. The fourth-order valence-electron chi connectivity index (χ4n) is 2.20. The Kier molecular flexibility index (Phi) is 5.50. The third-order valence-electron chi connectivity index (χ3n) is 3.34. The first-order chi connectivity index (χ1) is 12.3. The lowest BCUT2D eigenvalue weighted by molar-refractivity contribution is -0.118. The van der Waals surface area contributed by atoms with Crippen LogP contribution in [0.15, 0.2) is 59.8 Å². The minimum atomic E-state index is -0.141. The van der Waals surface area contributed by atoms with Crippen LogP contribution < -0.4 is 10.6 Å². The second-order valence-electron chi connectivity index (χ2n) is 5.13. The van der Waals surface area contributed by atoms with Gasteiger partial charge >= 0.3 is 0 Å². The molecule has 0 radical (unpaired) electrons. The van der Waals surface area contributed by atoms with Gasteiger partial charge < -0.3 is 10.6 Å². The molecule has 1 aromatic heterocycles. The number of aromatic nitrogens is 2. The van der Waals surface area contributed by atoms with Crippen molar-refractivity contribution in [2.24, 2.45) is 0 Å². The van der Waals surface area contributed by atoms with Crippen molar-refractivity contribution in [3.63, 3.8) is 0 Å². The SMILES string of the molecule is C#CCNC(=O)CSc1nc(Nc2ccccc2)c2ccccc2n1. The average Bonchev–Trinajstić information content (AvgIpc) is 2.65. The summed E-state index contributed by atoms with van der Waals surface area (Å²) in [5.41, 5.74) is 1.76. The Morgan fingerprint density at radius 2 is 1.84 bits per heavy atom. The van der Waals surface area contributed by atoms with Crippen LogP contribution in [0.3, 0.4) is 0 Å². The van der Waals surface area contributed by atoms with E-state index in [0.29, 0.717) is 11.0 Å². The number of thioether (sulfide) groups is 1. The molecule has 2 aromatic carbocycles. The fourth-order valence-corrected chi connectivity index (χ4v) is 2.89. The number of benzene rings is 2. The van der Waals surface area contributed by atoms with Gasteiger partial charge in [0.25, 0.3) is 0 Å². The largest absolute Gasteiger partial charge is 0.344 e. The lowest BCUT2D eigenvalue weighted by Gasteiger charge is -2.10. The van der Waals surface area contributed by atoms with Crippen LogP contribution >= 0.6 is 11.8 Å². The Hall–Kier alpha value is -3.04. The Balaban J connectivity index is 1.85. The van der Waals surface area contributed by atoms with Gasteiger partial charge in [-0.25, -0.2) is 9.97 Å². The molecule has 0 aliphatic heterocycles. The van der Waals surface area contributed by atoms with E-state index < -0.39 is 0 Å². The van der Waals surface area contributed by atoms with E-state index in [4.69, 9.17) is 6.42 Å². The molecular formula is C19H16N4OS. The Morgan fingerprint density at radius 1 is 1.08 bits per heavy atom. The van der Waals surface area contributed by atoms with Crippen LogP contribution in [0.5, 0.6) is 0 Å². The maximum Gasteiger partial charge on any atom is 0.231 e. The van der Waals surface area contributed by atoms with Crippen molar-refractivity contribution in [3.8, 4) is 12.3 Å². The van der Waals surface area contributed by atoms with Crippen LogP contribution in [-0.4, -0.2) is 28.2 Å². The number of fused-ring (bicyclic) bond motifs is 1. The van der Waals surface area contributed by atoms with Crippen molar-refractivity contribution in [2.45, 2.75) is 5.16 Å². The number of para-hydroxylation sites is 2. The van der Waals surface area contributed by atoms with Crippen LogP contribution in [0.1, 0.15) is 0 Å². The normalized spacial score (nSPS) is 10.2. The summed E-state index contributed by atoms with van der Waals surface area (Å²) in [4.78, 5) is 20.8. The summed E-state index contributed by atoms with van der Waals surface area (Å²) in [6.45, 7) is 0.221. The molecule has 3 aromatic rings. The Labute approximate surface area is 150 Å². The first kappa shape index (κ1) is 16.8. The van der Waals surface area contributed by atoms with Gasteiger partial charge in [0.05, 0.1) is 17.8 Å². The molecule has 0 aliphatic rings. The highest BCUT2D eigenvalue weighted by Gasteiger charge is 2.10. The summed E-state index contributed by atoms with van der Waals surface area (Å²) >= 11 is 1.28. The number of hydrogen-bond acceptors (Lipinski definition) is 5. The van der Waals surface area contributed by atoms with E-state index in [1.54, 1.807) is 0 Å². The molecule has 0 saturated heterocycles. The quantitative estimate of drug-likeness (QED) is 0.407. The Bertz CT molecular complexity index is 922. The number of terminal acetylenes is 1. The molecule has 3 rings (SSSR count). The molecule has 0 bridgehead atoms. The summed E-state index contributed by atoms with van der Waals surface area (Å²) in [6.07, 6.45) is 5.13. The monoisotopic (exact) mass is 348 g/mol. The molecule has 0 aliphatic carbocycles. The van der Waals surface area contributed by atoms with Gasteiger partial charge in [-0.3, -0.25) is 4.79 Å². The zero-order valence-corrected chi connectivity index (χ0v) is 14.2. The molecule has 0 saturated carbocycles. The first-order valence-electron chi connectivity index (χ1n) is 7.68. The topological polar surface area (TPSA) is 66.9 Å². The van der Waals surface area contributed by atoms with Crippen LogP contribution in [0, 0.1) is 12.3 Å². The number of anilines is 2. The molecule has 6 heteroatoms. The lowest BCUT2D eigenvalue weighted by atomic mass is 10.2. The molecule has 5 nitrogen and oxygen atoms in total. The molecule has 124 valence electrons. The van der Waals surface area contributed by atoms with E-state index in [1.807, 2.05) is 54.6 Å². The minimum Gasteiger partial charge on any atom is -0.344 e. The number of carbonyl (C=O) groups excluding carboxylic acids is 1. The molecule has 0 unspecified atom stereocenters. The highest BCUT2D eigenvalue weighted by molar-refractivity contribution is 7.99. The molecule has 2 N–H and O–H groups in total. The van der Waals surface area contributed by atoms with Gasteiger partial charge in [0.2, 0.25) is 5.91 Å². The van der Waals surface area contributed by atoms with Gasteiger partial charge in [0.15, 0.2) is 5.16 Å². The predicted molar refractivity (Wildman–Crippen MR) is 102 cm³/mol. The summed E-state index contributed by atoms with van der Waals surface area (Å²) in [5, 5.41) is 7.40. The van der Waals surface area contributed by atoms with Gasteiger partial charge in [-0.15, -0.1) is 6.42 Å². The number of nitrogens with one attached hydrogen (secondary N) is 2. The summed E-state index contributed by atoms with van der Waals surface area (Å²) in [6, 6.07) is 17.6. The molecule has 0 atom stereocenters. The maximum absolute atomic E-state index is 11.7. The van der Waals surface area contributed by atoms with Crippen LogP contribution in [0.25, 0.3) is 10.9 Å². The van der Waals surface area contributed by atoms with Gasteiger partial charge in [-0.1, -0.05) is 48.0 Å². The van der Waals surface area contributed by atoms with Crippen LogP contribution in [0.4, 0.5) is 11.5 Å². The highest BCUT2D eigenvalue weighted by atomic mass is 32.2. The molecular weight excluding hydrogens is 332 g/mol. The van der Waals surface area contributed by atoms with Crippen molar-refractivity contribution in [2.75, 3.05) is 17.6 Å². The van der Waals surface area contributed by atoms with E-state index in [1.165, 1.54) is 11.8 Å². The highest BCUT2D eigenvalue weighted by Crippen LogP contribution is 2.26. The zero-order chi connectivity index (χ0) is 17.5. The number of hydrogen-bond donors (Lipinski definition) is 2. The van der Waals surface area contributed by atoms with E-state index in [-0.39, 0.29) is 18.2 Å². The van der Waals surface area contributed by atoms with Crippen molar-refractivity contribution in [3.05, 3.63) is 54.6 Å². The van der Waals surface area contributed by atoms with Crippen molar-refractivity contribution < 1.29 is 4.79 Å². The number of carbonyl (C=O) groups is 1. The maximum atomic E-state index is 11.7. The second-order valence-corrected chi connectivity index (χ2v) is 6.07. The average molecular weight is 348 g/mol.